The molecular formula is C24H22N4O4. The van der Waals surface area contributed by atoms with Crippen LogP contribution in [0.15, 0.2) is 76.2 Å². The molecule has 1 amide bonds. The summed E-state index contributed by atoms with van der Waals surface area (Å²) in [6.07, 6.45) is 2.46. The Morgan fingerprint density at radius 2 is 1.75 bits per heavy atom. The number of methoxy groups -OCH3 is 1. The number of aryl methyl sites for hydroxylation is 1. The molecule has 0 spiro atoms. The van der Waals surface area contributed by atoms with Gasteiger partial charge in [-0.05, 0) is 54.4 Å². The molecule has 2 aromatic carbocycles. The van der Waals surface area contributed by atoms with Crippen molar-refractivity contribution in [1.82, 2.24) is 14.7 Å². The maximum absolute atomic E-state index is 12.4. The average molecular weight is 430 g/mol. The molecule has 4 aromatic rings. The number of hydrogen-bond donors (Lipinski definition) is 1. The maximum Gasteiger partial charge on any atom is 0.259 e. The van der Waals surface area contributed by atoms with Gasteiger partial charge in [0, 0.05) is 23.5 Å². The van der Waals surface area contributed by atoms with Crippen LogP contribution in [-0.2, 0) is 17.8 Å². The SMILES string of the molecule is CCc1ccc(NC(=O)Cn2cc(-c3nc(-c4ccc(OC)cc4)no3)ccc2=O)cc1. The fourth-order valence-corrected chi connectivity index (χ4v) is 3.16. The third-order valence-electron chi connectivity index (χ3n) is 4.96. The first-order valence-electron chi connectivity index (χ1n) is 10.1. The lowest BCUT2D eigenvalue weighted by Gasteiger charge is -2.08. The third-order valence-corrected chi connectivity index (χ3v) is 4.96. The summed E-state index contributed by atoms with van der Waals surface area (Å²) < 4.78 is 11.8. The van der Waals surface area contributed by atoms with E-state index in [9.17, 15) is 9.59 Å². The van der Waals surface area contributed by atoms with Crippen LogP contribution in [0.5, 0.6) is 5.75 Å². The highest BCUT2D eigenvalue weighted by Crippen LogP contribution is 2.23. The molecule has 162 valence electrons. The maximum atomic E-state index is 12.4. The number of hydrogen-bond acceptors (Lipinski definition) is 6. The first-order valence-corrected chi connectivity index (χ1v) is 10.1. The molecular weight excluding hydrogens is 408 g/mol. The van der Waals surface area contributed by atoms with E-state index in [1.165, 1.54) is 22.4 Å². The number of aromatic nitrogens is 3. The standard InChI is InChI=1S/C24H22N4O4/c1-3-16-4-9-19(10-5-16)25-21(29)15-28-14-18(8-13-22(28)30)24-26-23(27-32-24)17-6-11-20(31-2)12-7-17/h4-14H,3,15H2,1-2H3,(H,25,29). The summed E-state index contributed by atoms with van der Waals surface area (Å²) in [5, 5.41) is 6.81. The first-order chi connectivity index (χ1) is 15.6. The van der Waals surface area contributed by atoms with E-state index in [2.05, 4.69) is 22.4 Å². The fourth-order valence-electron chi connectivity index (χ4n) is 3.16. The van der Waals surface area contributed by atoms with Crippen LogP contribution in [0.2, 0.25) is 0 Å². The lowest BCUT2D eigenvalue weighted by molar-refractivity contribution is -0.116. The van der Waals surface area contributed by atoms with Crippen molar-refractivity contribution in [2.45, 2.75) is 19.9 Å². The van der Waals surface area contributed by atoms with Crippen LogP contribution in [0.25, 0.3) is 22.8 Å². The molecule has 8 heteroatoms. The minimum Gasteiger partial charge on any atom is -0.497 e. The third kappa shape index (κ3) is 4.75. The van der Waals surface area contributed by atoms with Crippen molar-refractivity contribution < 1.29 is 14.1 Å². The lowest BCUT2D eigenvalue weighted by atomic mass is 10.1. The summed E-state index contributed by atoms with van der Waals surface area (Å²) >= 11 is 0. The van der Waals surface area contributed by atoms with Gasteiger partial charge in [-0.25, -0.2) is 0 Å². The molecule has 0 unspecified atom stereocenters. The zero-order chi connectivity index (χ0) is 22.5. The van der Waals surface area contributed by atoms with Crippen molar-refractivity contribution in [2.24, 2.45) is 0 Å². The Hall–Kier alpha value is -4.20. The van der Waals surface area contributed by atoms with Gasteiger partial charge in [0.2, 0.25) is 11.7 Å². The van der Waals surface area contributed by atoms with Gasteiger partial charge in [0.1, 0.15) is 12.3 Å². The molecule has 8 nitrogen and oxygen atoms in total. The second kappa shape index (κ2) is 9.30. The number of carbonyl (C=O) groups is 1. The summed E-state index contributed by atoms with van der Waals surface area (Å²) in [5.74, 6) is 1.08. The molecule has 4 rings (SSSR count). The largest absolute Gasteiger partial charge is 0.497 e. The van der Waals surface area contributed by atoms with Gasteiger partial charge in [0.15, 0.2) is 0 Å². The minimum atomic E-state index is -0.307. The molecule has 0 saturated carbocycles. The molecule has 0 fully saturated rings. The van der Waals surface area contributed by atoms with Gasteiger partial charge in [-0.3, -0.25) is 9.59 Å². The minimum absolute atomic E-state index is 0.137. The Morgan fingerprint density at radius 3 is 2.44 bits per heavy atom. The number of ether oxygens (including phenoxy) is 1. The summed E-state index contributed by atoms with van der Waals surface area (Å²) in [5.41, 5.74) is 2.86. The van der Waals surface area contributed by atoms with Crippen LogP contribution >= 0.6 is 0 Å². The van der Waals surface area contributed by atoms with E-state index in [0.717, 1.165) is 17.7 Å². The van der Waals surface area contributed by atoms with Crippen LogP contribution in [0.4, 0.5) is 5.69 Å². The number of nitrogens with one attached hydrogen (secondary N) is 1. The van der Waals surface area contributed by atoms with Crippen LogP contribution in [0.1, 0.15) is 12.5 Å². The topological polar surface area (TPSA) is 99.2 Å². The predicted octanol–water partition coefficient (Wildman–Crippen LogP) is 3.78. The number of rotatable bonds is 7. The predicted molar refractivity (Wildman–Crippen MR) is 120 cm³/mol. The van der Waals surface area contributed by atoms with Gasteiger partial charge >= 0.3 is 0 Å². The Labute approximate surface area is 184 Å². The number of anilines is 1. The van der Waals surface area contributed by atoms with Crippen molar-refractivity contribution in [3.05, 3.63) is 82.8 Å². The Balaban J connectivity index is 1.50. The molecule has 0 radical (unpaired) electrons. The van der Waals surface area contributed by atoms with E-state index in [4.69, 9.17) is 9.26 Å². The summed E-state index contributed by atoms with van der Waals surface area (Å²) in [6.45, 7) is 1.93. The molecule has 0 atom stereocenters. The normalized spacial score (nSPS) is 10.7. The van der Waals surface area contributed by atoms with Crippen LogP contribution in [-0.4, -0.2) is 27.7 Å². The lowest BCUT2D eigenvalue weighted by Crippen LogP contribution is -2.26. The molecule has 0 saturated heterocycles. The molecule has 0 bridgehead atoms. The van der Waals surface area contributed by atoms with Gasteiger partial charge in [0.05, 0.1) is 12.7 Å². The van der Waals surface area contributed by atoms with E-state index < -0.39 is 0 Å². The Bertz CT molecular complexity index is 1270. The van der Waals surface area contributed by atoms with Crippen molar-refractivity contribution in [1.29, 1.82) is 0 Å². The quantitative estimate of drug-likeness (QED) is 0.479. The zero-order valence-electron chi connectivity index (χ0n) is 17.7. The van der Waals surface area contributed by atoms with Gasteiger partial charge < -0.3 is 19.1 Å². The molecule has 32 heavy (non-hydrogen) atoms. The second-order valence-electron chi connectivity index (χ2n) is 7.13. The number of benzene rings is 2. The van der Waals surface area contributed by atoms with Crippen molar-refractivity contribution in [3.8, 4) is 28.6 Å². The summed E-state index contributed by atoms with van der Waals surface area (Å²) in [6, 6.07) is 17.8. The summed E-state index contributed by atoms with van der Waals surface area (Å²) in [4.78, 5) is 29.1. The van der Waals surface area contributed by atoms with Crippen molar-refractivity contribution >= 4 is 11.6 Å². The average Bonchev–Trinajstić information content (AvgIpc) is 3.31. The van der Waals surface area contributed by atoms with E-state index >= 15 is 0 Å². The highest BCUT2D eigenvalue weighted by atomic mass is 16.5. The second-order valence-corrected chi connectivity index (χ2v) is 7.13. The summed E-state index contributed by atoms with van der Waals surface area (Å²) in [7, 11) is 1.60. The van der Waals surface area contributed by atoms with Crippen LogP contribution in [0, 0.1) is 0 Å². The van der Waals surface area contributed by atoms with Crippen LogP contribution in [0.3, 0.4) is 0 Å². The van der Waals surface area contributed by atoms with Crippen molar-refractivity contribution in [3.63, 3.8) is 0 Å². The van der Waals surface area contributed by atoms with Gasteiger partial charge in [-0.15, -0.1) is 0 Å². The molecule has 0 aliphatic heterocycles. The molecule has 2 heterocycles. The number of carbonyl (C=O) groups excluding carboxylic acids is 1. The number of nitrogens with zero attached hydrogens (tertiary/aromatic N) is 3. The Morgan fingerprint density at radius 1 is 1.03 bits per heavy atom. The molecule has 0 aliphatic carbocycles. The zero-order valence-corrected chi connectivity index (χ0v) is 17.7. The van der Waals surface area contributed by atoms with E-state index in [1.54, 1.807) is 25.3 Å². The van der Waals surface area contributed by atoms with E-state index in [-0.39, 0.29) is 23.9 Å². The number of pyridine rings is 1. The van der Waals surface area contributed by atoms with E-state index in [1.807, 2.05) is 36.4 Å². The highest BCUT2D eigenvalue weighted by Gasteiger charge is 2.13. The monoisotopic (exact) mass is 430 g/mol. The molecule has 1 N–H and O–H groups in total. The highest BCUT2D eigenvalue weighted by molar-refractivity contribution is 5.90. The van der Waals surface area contributed by atoms with E-state index in [0.29, 0.717) is 17.1 Å². The van der Waals surface area contributed by atoms with Gasteiger partial charge in [-0.2, -0.15) is 4.98 Å². The fraction of sp³-hybridized carbons (Fsp3) is 0.167. The molecule has 2 aromatic heterocycles. The molecule has 0 aliphatic rings. The van der Waals surface area contributed by atoms with Gasteiger partial charge in [-0.1, -0.05) is 24.2 Å². The Kier molecular flexibility index (Phi) is 6.12. The number of amides is 1. The smallest absolute Gasteiger partial charge is 0.259 e. The van der Waals surface area contributed by atoms with Crippen molar-refractivity contribution in [2.75, 3.05) is 12.4 Å². The first kappa shape index (κ1) is 21.0. The van der Waals surface area contributed by atoms with Crippen LogP contribution < -0.4 is 15.6 Å². The van der Waals surface area contributed by atoms with Gasteiger partial charge in [0.25, 0.3) is 11.4 Å².